The fourth-order valence-corrected chi connectivity index (χ4v) is 2.60. The summed E-state index contributed by atoms with van der Waals surface area (Å²) in [4.78, 5) is 43.3. The number of carbonyl (C=O) groups is 1. The van der Waals surface area contributed by atoms with Crippen LogP contribution >= 0.6 is 0 Å². The molecule has 2 aromatic carbocycles. The molecule has 0 atom stereocenters. The summed E-state index contributed by atoms with van der Waals surface area (Å²) in [5.41, 5.74) is -0.187. The van der Waals surface area contributed by atoms with E-state index in [1.54, 1.807) is 23.0 Å². The SMILES string of the molecule is COc1ccc2c(=O)/c(=N\OC(=O)C[n+]3ccc(N(C)C)cc3)c(=O)c2c1. The number of pyridine rings is 1. The Morgan fingerprint density at radius 2 is 1.74 bits per heavy atom. The maximum absolute atomic E-state index is 12.3. The van der Waals surface area contributed by atoms with E-state index in [0.717, 1.165) is 5.69 Å². The zero-order chi connectivity index (χ0) is 19.6. The molecule has 8 nitrogen and oxygen atoms in total. The molecule has 138 valence electrons. The van der Waals surface area contributed by atoms with E-state index in [-0.39, 0.29) is 17.3 Å². The van der Waals surface area contributed by atoms with Crippen LogP contribution in [0, 0.1) is 0 Å². The van der Waals surface area contributed by atoms with Crippen LogP contribution in [0.4, 0.5) is 5.69 Å². The second-order valence-electron chi connectivity index (χ2n) is 6.10. The van der Waals surface area contributed by atoms with Crippen molar-refractivity contribution >= 4 is 22.4 Å². The molecule has 0 saturated heterocycles. The van der Waals surface area contributed by atoms with Crippen molar-refractivity contribution in [1.29, 1.82) is 0 Å². The van der Waals surface area contributed by atoms with Crippen LogP contribution < -0.4 is 30.4 Å². The van der Waals surface area contributed by atoms with Gasteiger partial charge in [-0.3, -0.25) is 9.59 Å². The van der Waals surface area contributed by atoms with E-state index in [4.69, 9.17) is 9.57 Å². The first-order chi connectivity index (χ1) is 12.9. The summed E-state index contributed by atoms with van der Waals surface area (Å²) in [5, 5.41) is 3.48. The van der Waals surface area contributed by atoms with Crippen molar-refractivity contribution in [2.45, 2.75) is 6.54 Å². The lowest BCUT2D eigenvalue weighted by atomic mass is 10.2. The Balaban J connectivity index is 1.82. The minimum Gasteiger partial charge on any atom is -0.497 e. The highest BCUT2D eigenvalue weighted by Crippen LogP contribution is 2.14. The number of nitrogens with zero attached hydrogens (tertiary/aromatic N) is 3. The second kappa shape index (κ2) is 7.36. The number of aromatic nitrogens is 1. The van der Waals surface area contributed by atoms with E-state index in [2.05, 4.69) is 5.16 Å². The summed E-state index contributed by atoms with van der Waals surface area (Å²) in [6.45, 7) is -0.104. The first-order valence-electron chi connectivity index (χ1n) is 8.12. The van der Waals surface area contributed by atoms with Gasteiger partial charge in [0.15, 0.2) is 17.8 Å². The molecule has 1 aromatic heterocycles. The molecule has 27 heavy (non-hydrogen) atoms. The number of rotatable bonds is 5. The Kier molecular flexibility index (Phi) is 4.98. The number of hydrogen-bond donors (Lipinski definition) is 0. The van der Waals surface area contributed by atoms with Gasteiger partial charge >= 0.3 is 5.97 Å². The maximum atomic E-state index is 12.3. The van der Waals surface area contributed by atoms with Crippen LogP contribution in [0.3, 0.4) is 0 Å². The Labute approximate surface area is 154 Å². The Bertz CT molecular complexity index is 1140. The molecule has 0 aliphatic rings. The summed E-state index contributed by atoms with van der Waals surface area (Å²) < 4.78 is 6.66. The van der Waals surface area contributed by atoms with Crippen LogP contribution in [0.5, 0.6) is 5.75 Å². The van der Waals surface area contributed by atoms with Crippen molar-refractivity contribution in [3.05, 3.63) is 68.5 Å². The third-order valence-electron chi connectivity index (χ3n) is 4.09. The monoisotopic (exact) mass is 368 g/mol. The van der Waals surface area contributed by atoms with Crippen LogP contribution in [0.15, 0.2) is 57.5 Å². The highest BCUT2D eigenvalue weighted by atomic mass is 16.7. The van der Waals surface area contributed by atoms with Crippen molar-refractivity contribution in [3.8, 4) is 5.75 Å². The molecule has 0 fully saturated rings. The van der Waals surface area contributed by atoms with Crippen molar-refractivity contribution in [2.24, 2.45) is 5.16 Å². The number of benzene rings is 1. The Morgan fingerprint density at radius 1 is 1.07 bits per heavy atom. The zero-order valence-corrected chi connectivity index (χ0v) is 15.1. The van der Waals surface area contributed by atoms with E-state index in [9.17, 15) is 14.4 Å². The van der Waals surface area contributed by atoms with Crippen LogP contribution in [-0.2, 0) is 16.2 Å². The van der Waals surface area contributed by atoms with Gasteiger partial charge in [0.05, 0.1) is 7.11 Å². The van der Waals surface area contributed by atoms with Gasteiger partial charge in [-0.15, -0.1) is 0 Å². The number of ether oxygens (including phenoxy) is 1. The minimum atomic E-state index is -0.695. The molecule has 3 aromatic rings. The maximum Gasteiger partial charge on any atom is 0.399 e. The van der Waals surface area contributed by atoms with Gasteiger partial charge in [0.2, 0.25) is 17.4 Å². The molecule has 0 aliphatic carbocycles. The van der Waals surface area contributed by atoms with Crippen molar-refractivity contribution in [2.75, 3.05) is 26.1 Å². The van der Waals surface area contributed by atoms with E-state index in [1.165, 1.54) is 19.2 Å². The quantitative estimate of drug-likeness (QED) is 0.354. The lowest BCUT2D eigenvalue weighted by Crippen LogP contribution is -2.38. The summed E-state index contributed by atoms with van der Waals surface area (Å²) in [7, 11) is 5.28. The van der Waals surface area contributed by atoms with E-state index in [0.29, 0.717) is 5.75 Å². The van der Waals surface area contributed by atoms with Gasteiger partial charge in [0.1, 0.15) is 5.75 Å². The summed E-state index contributed by atoms with van der Waals surface area (Å²) in [6.07, 6.45) is 3.44. The summed E-state index contributed by atoms with van der Waals surface area (Å²) in [6, 6.07) is 8.20. The highest BCUT2D eigenvalue weighted by Gasteiger charge is 2.15. The largest absolute Gasteiger partial charge is 0.497 e. The van der Waals surface area contributed by atoms with Gasteiger partial charge in [-0.25, -0.2) is 4.79 Å². The smallest absolute Gasteiger partial charge is 0.399 e. The third-order valence-corrected chi connectivity index (χ3v) is 4.09. The number of fused-ring (bicyclic) bond motifs is 1. The zero-order valence-electron chi connectivity index (χ0n) is 15.1. The summed E-state index contributed by atoms with van der Waals surface area (Å²) in [5.74, 6) is -0.245. The van der Waals surface area contributed by atoms with Crippen molar-refractivity contribution in [1.82, 2.24) is 0 Å². The normalized spacial score (nSPS) is 11.6. The van der Waals surface area contributed by atoms with Crippen LogP contribution in [0.25, 0.3) is 10.8 Å². The molecule has 3 rings (SSSR count). The molecule has 0 spiro atoms. The first kappa shape index (κ1) is 18.2. The van der Waals surface area contributed by atoms with Gasteiger partial charge in [-0.05, 0) is 18.2 Å². The molecule has 0 bridgehead atoms. The Morgan fingerprint density at radius 3 is 2.37 bits per heavy atom. The predicted molar refractivity (Wildman–Crippen MR) is 98.0 cm³/mol. The molecule has 1 heterocycles. The van der Waals surface area contributed by atoms with Gasteiger partial charge < -0.3 is 14.5 Å². The molecule has 0 saturated carbocycles. The molecule has 8 heteroatoms. The molecule has 0 aliphatic heterocycles. The molecule has 0 N–H and O–H groups in total. The highest BCUT2D eigenvalue weighted by molar-refractivity contribution is 5.84. The summed E-state index contributed by atoms with van der Waals surface area (Å²) >= 11 is 0. The first-order valence-corrected chi connectivity index (χ1v) is 8.12. The van der Waals surface area contributed by atoms with Crippen LogP contribution in [0.2, 0.25) is 0 Å². The van der Waals surface area contributed by atoms with E-state index >= 15 is 0 Å². The average molecular weight is 368 g/mol. The molecule has 0 amide bonds. The predicted octanol–water partition coefficient (Wildman–Crippen LogP) is -0.143. The average Bonchev–Trinajstić information content (AvgIpc) is 2.90. The number of methoxy groups -OCH3 is 1. The molecule has 0 unspecified atom stereocenters. The van der Waals surface area contributed by atoms with Gasteiger partial charge in [0.25, 0.3) is 0 Å². The fraction of sp³-hybridized carbons (Fsp3) is 0.211. The van der Waals surface area contributed by atoms with Crippen LogP contribution in [-0.4, -0.2) is 27.2 Å². The van der Waals surface area contributed by atoms with E-state index in [1.807, 2.05) is 31.1 Å². The molecule has 0 radical (unpaired) electrons. The Hall–Kier alpha value is -3.55. The molecular formula is C19H18N3O5+. The second-order valence-corrected chi connectivity index (χ2v) is 6.10. The number of carbonyl (C=O) groups excluding carboxylic acids is 1. The third kappa shape index (κ3) is 3.69. The molecular weight excluding hydrogens is 350 g/mol. The standard InChI is InChI=1S/C19H18N3O5/c1-21(2)12-6-8-22(9-7-12)11-16(23)27-20-17-18(24)14-5-4-13(26-3)10-15(14)19(17)25/h4-10H,11H2,1-3H3/q+1/b20-17+. The lowest BCUT2D eigenvalue weighted by Gasteiger charge is -2.10. The van der Waals surface area contributed by atoms with Crippen LogP contribution in [0.1, 0.15) is 0 Å². The van der Waals surface area contributed by atoms with Gasteiger partial charge in [-0.2, -0.15) is 4.57 Å². The van der Waals surface area contributed by atoms with Gasteiger partial charge in [0, 0.05) is 42.7 Å². The topological polar surface area (TPSA) is 89.2 Å². The van der Waals surface area contributed by atoms with Crippen molar-refractivity contribution < 1.29 is 18.9 Å². The minimum absolute atomic E-state index is 0.104. The van der Waals surface area contributed by atoms with Crippen molar-refractivity contribution in [3.63, 3.8) is 0 Å². The van der Waals surface area contributed by atoms with Gasteiger partial charge in [-0.1, -0.05) is 5.16 Å². The number of anilines is 1. The fourth-order valence-electron chi connectivity index (χ4n) is 2.60. The lowest BCUT2D eigenvalue weighted by molar-refractivity contribution is -0.685. The van der Waals surface area contributed by atoms with E-state index < -0.39 is 22.2 Å². The number of hydrogen-bond acceptors (Lipinski definition) is 7.